The van der Waals surface area contributed by atoms with Crippen molar-refractivity contribution < 1.29 is 4.74 Å². The Balaban J connectivity index is 2.27. The van der Waals surface area contributed by atoms with Gasteiger partial charge >= 0.3 is 0 Å². The molecule has 1 saturated carbocycles. The van der Waals surface area contributed by atoms with E-state index in [4.69, 9.17) is 4.74 Å². The number of ether oxygens (including phenoxy) is 1. The monoisotopic (exact) mass is 283 g/mol. The lowest BCUT2D eigenvalue weighted by atomic mass is 10.1. The SMILES string of the molecule is COc1cc(C2CC2)c2nc(Br)sc2c1. The molecule has 0 unspecified atom stereocenters. The third kappa shape index (κ3) is 1.66. The van der Waals surface area contributed by atoms with E-state index in [9.17, 15) is 0 Å². The molecular formula is C11H10BrNOS. The van der Waals surface area contributed by atoms with E-state index in [1.165, 1.54) is 23.1 Å². The first-order chi connectivity index (χ1) is 7.28. The van der Waals surface area contributed by atoms with Crippen molar-refractivity contribution in [3.8, 4) is 5.75 Å². The summed E-state index contributed by atoms with van der Waals surface area (Å²) in [5.41, 5.74) is 2.50. The molecule has 1 aromatic carbocycles. The summed E-state index contributed by atoms with van der Waals surface area (Å²) in [5, 5.41) is 0. The number of halogens is 1. The fourth-order valence-corrected chi connectivity index (χ4v) is 3.28. The van der Waals surface area contributed by atoms with E-state index in [0.29, 0.717) is 5.92 Å². The Hall–Kier alpha value is -0.610. The van der Waals surface area contributed by atoms with Crippen LogP contribution in [0.1, 0.15) is 24.3 Å². The van der Waals surface area contributed by atoms with Crippen molar-refractivity contribution in [2.45, 2.75) is 18.8 Å². The lowest BCUT2D eigenvalue weighted by Crippen LogP contribution is -1.87. The molecule has 0 bridgehead atoms. The van der Waals surface area contributed by atoms with Gasteiger partial charge in [-0.2, -0.15) is 0 Å². The Kier molecular flexibility index (Phi) is 2.21. The van der Waals surface area contributed by atoms with E-state index < -0.39 is 0 Å². The second-order valence-corrected chi connectivity index (χ2v) is 6.11. The molecule has 1 aliphatic carbocycles. The maximum absolute atomic E-state index is 5.31. The maximum Gasteiger partial charge on any atom is 0.160 e. The number of thiazole rings is 1. The van der Waals surface area contributed by atoms with Crippen molar-refractivity contribution in [2.24, 2.45) is 0 Å². The molecule has 3 rings (SSSR count). The van der Waals surface area contributed by atoms with Gasteiger partial charge in [-0.05, 0) is 52.4 Å². The lowest BCUT2D eigenvalue weighted by Gasteiger charge is -2.04. The highest BCUT2D eigenvalue weighted by molar-refractivity contribution is 9.11. The van der Waals surface area contributed by atoms with Gasteiger partial charge in [0, 0.05) is 0 Å². The Morgan fingerprint density at radius 2 is 2.27 bits per heavy atom. The third-order valence-electron chi connectivity index (χ3n) is 2.72. The van der Waals surface area contributed by atoms with Crippen LogP contribution >= 0.6 is 27.3 Å². The summed E-state index contributed by atoms with van der Waals surface area (Å²) in [4.78, 5) is 4.53. The standard InChI is InChI=1S/C11H10BrNOS/c1-14-7-4-8(6-2-3-6)10-9(5-7)15-11(12)13-10/h4-6H,2-3H2,1H3. The van der Waals surface area contributed by atoms with Crippen molar-refractivity contribution in [1.82, 2.24) is 4.98 Å². The quantitative estimate of drug-likeness (QED) is 0.833. The first kappa shape index (κ1) is 9.60. The van der Waals surface area contributed by atoms with Crippen molar-refractivity contribution >= 4 is 37.5 Å². The van der Waals surface area contributed by atoms with Gasteiger partial charge in [0.05, 0.1) is 17.3 Å². The van der Waals surface area contributed by atoms with Crippen LogP contribution in [0, 0.1) is 0 Å². The average molecular weight is 284 g/mol. The summed E-state index contributed by atoms with van der Waals surface area (Å²) in [6.07, 6.45) is 2.58. The second kappa shape index (κ2) is 3.46. The van der Waals surface area contributed by atoms with E-state index >= 15 is 0 Å². The smallest absolute Gasteiger partial charge is 0.160 e. The second-order valence-electron chi connectivity index (χ2n) is 3.80. The zero-order chi connectivity index (χ0) is 10.4. The Morgan fingerprint density at radius 1 is 1.47 bits per heavy atom. The van der Waals surface area contributed by atoms with Crippen molar-refractivity contribution in [2.75, 3.05) is 7.11 Å². The molecule has 4 heteroatoms. The predicted molar refractivity (Wildman–Crippen MR) is 65.8 cm³/mol. The van der Waals surface area contributed by atoms with E-state index in [0.717, 1.165) is 15.2 Å². The van der Waals surface area contributed by atoms with E-state index in [2.05, 4.69) is 33.0 Å². The van der Waals surface area contributed by atoms with Gasteiger partial charge in [0.1, 0.15) is 5.75 Å². The lowest BCUT2D eigenvalue weighted by molar-refractivity contribution is 0.415. The minimum atomic E-state index is 0.705. The molecule has 2 nitrogen and oxygen atoms in total. The molecule has 2 aromatic rings. The third-order valence-corrected chi connectivity index (χ3v) is 4.18. The van der Waals surface area contributed by atoms with E-state index in [-0.39, 0.29) is 0 Å². The summed E-state index contributed by atoms with van der Waals surface area (Å²) >= 11 is 5.11. The number of benzene rings is 1. The van der Waals surface area contributed by atoms with Gasteiger partial charge in [0.25, 0.3) is 0 Å². The number of rotatable bonds is 2. The average Bonchev–Trinajstić information content (AvgIpc) is 2.98. The van der Waals surface area contributed by atoms with Gasteiger partial charge in [0.2, 0.25) is 0 Å². The Morgan fingerprint density at radius 3 is 2.93 bits per heavy atom. The van der Waals surface area contributed by atoms with Gasteiger partial charge < -0.3 is 4.74 Å². The van der Waals surface area contributed by atoms with Crippen LogP contribution in [0.4, 0.5) is 0 Å². The van der Waals surface area contributed by atoms with Gasteiger partial charge in [-0.15, -0.1) is 11.3 Å². The summed E-state index contributed by atoms with van der Waals surface area (Å²) < 4.78 is 7.48. The zero-order valence-electron chi connectivity index (χ0n) is 8.29. The number of hydrogen-bond acceptors (Lipinski definition) is 3. The summed E-state index contributed by atoms with van der Waals surface area (Å²) in [5.74, 6) is 1.65. The highest BCUT2D eigenvalue weighted by Gasteiger charge is 2.27. The Labute approximate surface area is 100 Å². The molecule has 0 N–H and O–H groups in total. The van der Waals surface area contributed by atoms with E-state index in [1.54, 1.807) is 18.4 Å². The fourth-order valence-electron chi connectivity index (χ4n) is 1.83. The van der Waals surface area contributed by atoms with Crippen molar-refractivity contribution in [3.05, 3.63) is 21.6 Å². The molecule has 0 spiro atoms. The highest BCUT2D eigenvalue weighted by atomic mass is 79.9. The summed E-state index contributed by atoms with van der Waals surface area (Å²) in [7, 11) is 1.72. The van der Waals surface area contributed by atoms with Crippen LogP contribution in [-0.4, -0.2) is 12.1 Å². The molecular weight excluding hydrogens is 274 g/mol. The summed E-state index contributed by atoms with van der Waals surface area (Å²) in [6.45, 7) is 0. The van der Waals surface area contributed by atoms with Crippen molar-refractivity contribution in [3.63, 3.8) is 0 Å². The van der Waals surface area contributed by atoms with Crippen LogP contribution in [0.15, 0.2) is 16.0 Å². The minimum absolute atomic E-state index is 0.705. The zero-order valence-corrected chi connectivity index (χ0v) is 10.7. The van der Waals surface area contributed by atoms with Crippen LogP contribution < -0.4 is 4.74 Å². The normalized spacial score (nSPS) is 15.9. The molecule has 0 aliphatic heterocycles. The molecule has 1 aliphatic rings. The molecule has 0 amide bonds. The van der Waals surface area contributed by atoms with Gasteiger partial charge in [0.15, 0.2) is 3.92 Å². The van der Waals surface area contributed by atoms with Gasteiger partial charge in [-0.25, -0.2) is 4.98 Å². The molecule has 78 valence electrons. The number of methoxy groups -OCH3 is 1. The van der Waals surface area contributed by atoms with Gasteiger partial charge in [-0.1, -0.05) is 0 Å². The first-order valence-corrected chi connectivity index (χ1v) is 6.53. The number of hydrogen-bond donors (Lipinski definition) is 0. The highest BCUT2D eigenvalue weighted by Crippen LogP contribution is 2.45. The first-order valence-electron chi connectivity index (χ1n) is 4.92. The van der Waals surface area contributed by atoms with Crippen LogP contribution in [0.25, 0.3) is 10.2 Å². The number of fused-ring (bicyclic) bond motifs is 1. The largest absolute Gasteiger partial charge is 0.497 e. The fraction of sp³-hybridized carbons (Fsp3) is 0.364. The van der Waals surface area contributed by atoms with E-state index in [1.807, 2.05) is 0 Å². The van der Waals surface area contributed by atoms with Crippen LogP contribution in [0.5, 0.6) is 5.75 Å². The Bertz CT molecular complexity index is 519. The number of nitrogens with zero attached hydrogens (tertiary/aromatic N) is 1. The maximum atomic E-state index is 5.31. The van der Waals surface area contributed by atoms with Crippen LogP contribution in [0.3, 0.4) is 0 Å². The topological polar surface area (TPSA) is 22.1 Å². The molecule has 0 radical (unpaired) electrons. The molecule has 0 atom stereocenters. The number of aromatic nitrogens is 1. The van der Waals surface area contributed by atoms with Gasteiger partial charge in [-0.3, -0.25) is 0 Å². The van der Waals surface area contributed by atoms with Crippen LogP contribution in [0.2, 0.25) is 0 Å². The van der Waals surface area contributed by atoms with Crippen LogP contribution in [-0.2, 0) is 0 Å². The van der Waals surface area contributed by atoms with Crippen molar-refractivity contribution in [1.29, 1.82) is 0 Å². The predicted octanol–water partition coefficient (Wildman–Crippen LogP) is 3.94. The molecule has 0 saturated heterocycles. The minimum Gasteiger partial charge on any atom is -0.497 e. The molecule has 1 heterocycles. The molecule has 1 aromatic heterocycles. The molecule has 1 fully saturated rings. The summed E-state index contributed by atoms with van der Waals surface area (Å²) in [6, 6.07) is 4.19. The molecule has 15 heavy (non-hydrogen) atoms.